The Balaban J connectivity index is 0.767. The van der Waals surface area contributed by atoms with Crippen LogP contribution in [0.1, 0.15) is 92.7 Å². The number of nitrogens with one attached hydrogen (secondary N) is 1. The Hall–Kier alpha value is -5.25. The van der Waals surface area contributed by atoms with E-state index in [1.165, 1.54) is 0 Å². The van der Waals surface area contributed by atoms with Crippen LogP contribution in [0.15, 0.2) is 54.6 Å². The molecule has 1 N–H and O–H groups in total. The lowest BCUT2D eigenvalue weighted by Crippen LogP contribution is -2.54. The molecule has 6 aliphatic rings. The first kappa shape index (κ1) is 36.4. The lowest BCUT2D eigenvalue weighted by molar-refractivity contribution is -0.136. The van der Waals surface area contributed by atoms with Crippen LogP contribution in [0.4, 0.5) is 11.4 Å². The highest BCUT2D eigenvalue weighted by atomic mass is 35.5. The Bertz CT molecular complexity index is 2180. The molecular weight excluding hydrogens is 730 g/mol. The highest BCUT2D eigenvalue weighted by Gasteiger charge is 2.46. The standard InChI is InChI=1S/C43H44ClN7O5/c44-36-23-33(6-3-29(36)24-45)50-20-14-43(26-50)12-18-47(19-13-43)31-4-1-27(2-5-31)40(54)48-16-10-32(11-17-48)49-15-9-28-21-34-35(22-30(28)25-49)42(56)51(41(34)55)37-7-8-38(52)46-39(37)53/h1-6,21-23,32,37H,7-20,25-26H2,(H,46,52,53). The summed E-state index contributed by atoms with van der Waals surface area (Å²) in [7, 11) is 0. The Kier molecular flexibility index (Phi) is 9.33. The number of carbonyl (C=O) groups excluding carboxylic acids is 5. The van der Waals surface area contributed by atoms with Gasteiger partial charge in [0.15, 0.2) is 0 Å². The van der Waals surface area contributed by atoms with Gasteiger partial charge in [-0.15, -0.1) is 0 Å². The van der Waals surface area contributed by atoms with Crippen LogP contribution in [-0.4, -0.2) is 102 Å². The van der Waals surface area contributed by atoms with Crippen molar-refractivity contribution in [2.24, 2.45) is 5.41 Å². The number of anilines is 2. The average molecular weight is 774 g/mol. The molecule has 1 unspecified atom stereocenters. The largest absolute Gasteiger partial charge is 0.371 e. The van der Waals surface area contributed by atoms with E-state index >= 15 is 0 Å². The molecule has 0 aromatic heterocycles. The molecule has 4 saturated heterocycles. The minimum Gasteiger partial charge on any atom is -0.371 e. The summed E-state index contributed by atoms with van der Waals surface area (Å²) in [5.41, 5.74) is 6.43. The molecule has 5 amide bonds. The third-order valence-corrected chi connectivity index (χ3v) is 13.6. The Morgan fingerprint density at radius 3 is 2.09 bits per heavy atom. The molecule has 6 aliphatic heterocycles. The summed E-state index contributed by atoms with van der Waals surface area (Å²) >= 11 is 6.33. The second-order valence-electron chi connectivity index (χ2n) is 16.3. The van der Waals surface area contributed by atoms with Gasteiger partial charge < -0.3 is 14.7 Å². The molecule has 0 aliphatic carbocycles. The molecule has 1 atom stereocenters. The molecule has 3 aromatic carbocycles. The van der Waals surface area contributed by atoms with E-state index in [9.17, 15) is 29.2 Å². The number of hydrogen-bond acceptors (Lipinski definition) is 9. The predicted octanol–water partition coefficient (Wildman–Crippen LogP) is 4.77. The van der Waals surface area contributed by atoms with E-state index in [2.05, 4.69) is 38.2 Å². The van der Waals surface area contributed by atoms with Crippen molar-refractivity contribution in [2.45, 2.75) is 70.0 Å². The van der Waals surface area contributed by atoms with Gasteiger partial charge in [0.05, 0.1) is 21.7 Å². The first-order valence-corrected chi connectivity index (χ1v) is 20.2. The molecular formula is C43H44ClN7O5. The van der Waals surface area contributed by atoms with Gasteiger partial charge in [-0.2, -0.15) is 5.26 Å². The molecule has 0 bridgehead atoms. The van der Waals surface area contributed by atoms with Crippen molar-refractivity contribution in [1.82, 2.24) is 20.0 Å². The van der Waals surface area contributed by atoms with Gasteiger partial charge in [-0.3, -0.25) is 39.1 Å². The number of piperidine rings is 3. The molecule has 3 aromatic rings. The molecule has 4 fully saturated rings. The van der Waals surface area contributed by atoms with E-state index in [4.69, 9.17) is 11.6 Å². The van der Waals surface area contributed by atoms with Gasteiger partial charge in [0.2, 0.25) is 11.8 Å². The summed E-state index contributed by atoms with van der Waals surface area (Å²) in [6, 6.07) is 18.9. The number of likely N-dealkylation sites (tertiary alicyclic amines) is 1. The third-order valence-electron chi connectivity index (χ3n) is 13.2. The third kappa shape index (κ3) is 6.50. The summed E-state index contributed by atoms with van der Waals surface area (Å²) in [6.07, 6.45) is 6.04. The molecule has 0 radical (unpaired) electrons. The Morgan fingerprint density at radius 1 is 0.768 bits per heavy atom. The van der Waals surface area contributed by atoms with Gasteiger partial charge in [-0.05, 0) is 116 Å². The van der Waals surface area contributed by atoms with E-state index in [0.717, 1.165) is 98.7 Å². The van der Waals surface area contributed by atoms with Crippen LogP contribution in [0.3, 0.4) is 0 Å². The van der Waals surface area contributed by atoms with Crippen LogP contribution in [0, 0.1) is 16.7 Å². The quantitative estimate of drug-likeness (QED) is 0.364. The molecule has 288 valence electrons. The van der Waals surface area contributed by atoms with Crippen molar-refractivity contribution >= 4 is 52.5 Å². The smallest absolute Gasteiger partial charge is 0.262 e. The van der Waals surface area contributed by atoms with Crippen molar-refractivity contribution in [3.63, 3.8) is 0 Å². The van der Waals surface area contributed by atoms with E-state index in [1.54, 1.807) is 0 Å². The average Bonchev–Trinajstić information content (AvgIpc) is 3.74. The van der Waals surface area contributed by atoms with Gasteiger partial charge >= 0.3 is 0 Å². The number of nitriles is 1. The highest BCUT2D eigenvalue weighted by Crippen LogP contribution is 2.43. The zero-order chi connectivity index (χ0) is 38.7. The van der Waals surface area contributed by atoms with Gasteiger partial charge in [0.1, 0.15) is 12.1 Å². The Labute approximate surface area is 330 Å². The number of amides is 5. The van der Waals surface area contributed by atoms with Crippen LogP contribution >= 0.6 is 11.6 Å². The summed E-state index contributed by atoms with van der Waals surface area (Å²) in [4.78, 5) is 74.7. The van der Waals surface area contributed by atoms with Gasteiger partial charge in [-0.25, -0.2) is 0 Å². The second-order valence-corrected chi connectivity index (χ2v) is 16.7. The van der Waals surface area contributed by atoms with Crippen LogP contribution in [0.25, 0.3) is 0 Å². The minimum absolute atomic E-state index is 0.0600. The van der Waals surface area contributed by atoms with Crippen LogP contribution in [-0.2, 0) is 22.6 Å². The maximum atomic E-state index is 13.6. The van der Waals surface area contributed by atoms with E-state index in [0.29, 0.717) is 53.0 Å². The highest BCUT2D eigenvalue weighted by molar-refractivity contribution is 6.32. The molecule has 9 rings (SSSR count). The van der Waals surface area contributed by atoms with Crippen molar-refractivity contribution in [1.29, 1.82) is 5.26 Å². The number of halogens is 1. The van der Waals surface area contributed by atoms with Gasteiger partial charge in [0, 0.05) is 81.8 Å². The van der Waals surface area contributed by atoms with Crippen LogP contribution in [0.2, 0.25) is 5.02 Å². The number of hydrogen-bond donors (Lipinski definition) is 1. The molecule has 56 heavy (non-hydrogen) atoms. The normalized spacial score (nSPS) is 22.7. The van der Waals surface area contributed by atoms with E-state index in [-0.39, 0.29) is 24.2 Å². The summed E-state index contributed by atoms with van der Waals surface area (Å²) in [5.74, 6) is -1.89. The van der Waals surface area contributed by atoms with Crippen LogP contribution < -0.4 is 15.1 Å². The van der Waals surface area contributed by atoms with E-state index in [1.807, 2.05) is 47.4 Å². The summed E-state index contributed by atoms with van der Waals surface area (Å²) < 4.78 is 0. The van der Waals surface area contributed by atoms with Crippen molar-refractivity contribution < 1.29 is 24.0 Å². The first-order valence-electron chi connectivity index (χ1n) is 19.8. The summed E-state index contributed by atoms with van der Waals surface area (Å²) in [6.45, 7) is 6.76. The SMILES string of the molecule is N#Cc1ccc(N2CCC3(CCN(c4ccc(C(=O)N5CCC(N6CCc7cc8c(cc7C6)C(=O)N(C6CCC(=O)NC6=O)C8=O)CC5)cc4)CC3)C2)cc1Cl. The van der Waals surface area contributed by atoms with Crippen molar-refractivity contribution in [3.8, 4) is 6.07 Å². The zero-order valence-electron chi connectivity index (χ0n) is 31.3. The number of fused-ring (bicyclic) bond motifs is 2. The fourth-order valence-corrected chi connectivity index (χ4v) is 10.1. The maximum absolute atomic E-state index is 13.6. The second kappa shape index (κ2) is 14.4. The molecule has 12 nitrogen and oxygen atoms in total. The lowest BCUT2D eigenvalue weighted by atomic mass is 9.77. The molecule has 13 heteroatoms. The maximum Gasteiger partial charge on any atom is 0.262 e. The number of rotatable bonds is 5. The fraction of sp³-hybridized carbons (Fsp3) is 0.442. The number of benzene rings is 3. The topological polar surface area (TPSA) is 137 Å². The Morgan fingerprint density at radius 2 is 1.43 bits per heavy atom. The molecule has 1 spiro atoms. The molecule has 6 heterocycles. The van der Waals surface area contributed by atoms with Crippen LogP contribution in [0.5, 0.6) is 0 Å². The number of nitrogens with zero attached hydrogens (tertiary/aromatic N) is 6. The minimum atomic E-state index is -0.976. The summed E-state index contributed by atoms with van der Waals surface area (Å²) in [5, 5.41) is 12.0. The van der Waals surface area contributed by atoms with Gasteiger partial charge in [-0.1, -0.05) is 11.6 Å². The fourth-order valence-electron chi connectivity index (χ4n) is 9.89. The number of carbonyl (C=O) groups is 5. The van der Waals surface area contributed by atoms with E-state index < -0.39 is 29.7 Å². The van der Waals surface area contributed by atoms with Crippen molar-refractivity contribution in [3.05, 3.63) is 93.0 Å². The molecule has 0 saturated carbocycles. The van der Waals surface area contributed by atoms with Crippen molar-refractivity contribution in [2.75, 3.05) is 55.6 Å². The first-order chi connectivity index (χ1) is 27.1. The lowest BCUT2D eigenvalue weighted by Gasteiger charge is -2.41. The predicted molar refractivity (Wildman–Crippen MR) is 209 cm³/mol. The monoisotopic (exact) mass is 773 g/mol. The number of imide groups is 2. The van der Waals surface area contributed by atoms with Gasteiger partial charge in [0.25, 0.3) is 17.7 Å². The zero-order valence-corrected chi connectivity index (χ0v) is 32.0.